The molecule has 104 valence electrons. The highest BCUT2D eigenvalue weighted by Crippen LogP contribution is 2.19. The van der Waals surface area contributed by atoms with Gasteiger partial charge in [-0.05, 0) is 17.7 Å². The van der Waals surface area contributed by atoms with Crippen molar-refractivity contribution in [3.8, 4) is 17.1 Å². The fourth-order valence-electron chi connectivity index (χ4n) is 1.88. The molecule has 3 nitrogen and oxygen atoms in total. The minimum absolute atomic E-state index is 0.516. The summed E-state index contributed by atoms with van der Waals surface area (Å²) >= 11 is 3.41. The van der Waals surface area contributed by atoms with E-state index < -0.39 is 0 Å². The summed E-state index contributed by atoms with van der Waals surface area (Å²) in [6.07, 6.45) is 3.40. The molecule has 0 saturated heterocycles. The lowest BCUT2D eigenvalue weighted by atomic mass is 10.2. The van der Waals surface area contributed by atoms with Crippen LogP contribution in [0.4, 0.5) is 0 Å². The van der Waals surface area contributed by atoms with Crippen molar-refractivity contribution in [2.24, 2.45) is 0 Å². The number of hydrogen-bond donors (Lipinski definition) is 0. The number of halogens is 1. The maximum atomic E-state index is 5.67. The van der Waals surface area contributed by atoms with Gasteiger partial charge in [0.15, 0.2) is 11.6 Å². The molecule has 0 atom stereocenters. The van der Waals surface area contributed by atoms with Gasteiger partial charge in [-0.2, -0.15) is 0 Å². The van der Waals surface area contributed by atoms with Crippen molar-refractivity contribution >= 4 is 15.9 Å². The SMILES string of the molecule is Brc1ccc(-c2ncc(OCc3ccccc3)cn2)cc1. The lowest BCUT2D eigenvalue weighted by molar-refractivity contribution is 0.303. The summed E-state index contributed by atoms with van der Waals surface area (Å²) in [5, 5.41) is 0. The third kappa shape index (κ3) is 3.67. The molecule has 0 aliphatic rings. The summed E-state index contributed by atoms with van der Waals surface area (Å²) in [6.45, 7) is 0.516. The Morgan fingerprint density at radius 2 is 1.52 bits per heavy atom. The Hall–Kier alpha value is -2.20. The van der Waals surface area contributed by atoms with Gasteiger partial charge in [-0.15, -0.1) is 0 Å². The summed E-state index contributed by atoms with van der Waals surface area (Å²) in [6, 6.07) is 17.9. The van der Waals surface area contributed by atoms with Crippen LogP contribution in [0.3, 0.4) is 0 Å². The minimum atomic E-state index is 0.516. The molecular weight excluding hydrogens is 328 g/mol. The second-order valence-corrected chi connectivity index (χ2v) is 5.44. The smallest absolute Gasteiger partial charge is 0.159 e. The maximum absolute atomic E-state index is 5.67. The zero-order valence-electron chi connectivity index (χ0n) is 11.2. The van der Waals surface area contributed by atoms with Crippen LogP contribution >= 0.6 is 15.9 Å². The Kier molecular flexibility index (Phi) is 4.26. The van der Waals surface area contributed by atoms with E-state index in [1.165, 1.54) is 0 Å². The second kappa shape index (κ2) is 6.50. The molecule has 0 bridgehead atoms. The third-order valence-corrected chi connectivity index (χ3v) is 3.51. The molecule has 0 aliphatic heterocycles. The van der Waals surface area contributed by atoms with Crippen LogP contribution in [0, 0.1) is 0 Å². The molecule has 0 aliphatic carbocycles. The summed E-state index contributed by atoms with van der Waals surface area (Å²) in [5.74, 6) is 1.36. The van der Waals surface area contributed by atoms with Crippen LogP contribution in [0.1, 0.15) is 5.56 Å². The number of rotatable bonds is 4. The molecule has 0 saturated carbocycles. The molecule has 3 aromatic rings. The molecule has 1 heterocycles. The van der Waals surface area contributed by atoms with Gasteiger partial charge < -0.3 is 4.74 Å². The molecule has 0 spiro atoms. The molecule has 0 amide bonds. The molecule has 21 heavy (non-hydrogen) atoms. The largest absolute Gasteiger partial charge is 0.486 e. The van der Waals surface area contributed by atoms with Crippen LogP contribution < -0.4 is 4.74 Å². The highest BCUT2D eigenvalue weighted by atomic mass is 79.9. The zero-order chi connectivity index (χ0) is 14.5. The van der Waals surface area contributed by atoms with E-state index in [4.69, 9.17) is 4.74 Å². The Morgan fingerprint density at radius 1 is 0.857 bits per heavy atom. The van der Waals surface area contributed by atoms with Crippen molar-refractivity contribution in [2.75, 3.05) is 0 Å². The molecular formula is C17H13BrN2O. The molecule has 3 rings (SSSR count). The van der Waals surface area contributed by atoms with Gasteiger partial charge in [-0.25, -0.2) is 9.97 Å². The van der Waals surface area contributed by atoms with E-state index in [2.05, 4.69) is 25.9 Å². The van der Waals surface area contributed by atoms with Gasteiger partial charge in [0.1, 0.15) is 6.61 Å². The Morgan fingerprint density at radius 3 is 2.19 bits per heavy atom. The van der Waals surface area contributed by atoms with E-state index in [1.54, 1.807) is 12.4 Å². The van der Waals surface area contributed by atoms with Gasteiger partial charge in [-0.3, -0.25) is 0 Å². The number of ether oxygens (including phenoxy) is 1. The van der Waals surface area contributed by atoms with E-state index in [0.717, 1.165) is 15.6 Å². The van der Waals surface area contributed by atoms with E-state index in [9.17, 15) is 0 Å². The second-order valence-electron chi connectivity index (χ2n) is 4.52. The van der Waals surface area contributed by atoms with E-state index in [-0.39, 0.29) is 0 Å². The first-order chi connectivity index (χ1) is 10.3. The van der Waals surface area contributed by atoms with Gasteiger partial charge in [-0.1, -0.05) is 58.4 Å². The van der Waals surface area contributed by atoms with Crippen LogP contribution in [0.5, 0.6) is 5.75 Å². The highest BCUT2D eigenvalue weighted by Gasteiger charge is 2.02. The van der Waals surface area contributed by atoms with Crippen LogP contribution in [-0.2, 0) is 6.61 Å². The monoisotopic (exact) mass is 340 g/mol. The van der Waals surface area contributed by atoms with Crippen LogP contribution in [-0.4, -0.2) is 9.97 Å². The molecule has 2 aromatic carbocycles. The third-order valence-electron chi connectivity index (χ3n) is 2.98. The number of nitrogens with zero attached hydrogens (tertiary/aromatic N) is 2. The van der Waals surface area contributed by atoms with Crippen LogP contribution in [0.2, 0.25) is 0 Å². The molecule has 0 fully saturated rings. The average Bonchev–Trinajstić information content (AvgIpc) is 2.55. The first-order valence-corrected chi connectivity index (χ1v) is 7.35. The highest BCUT2D eigenvalue weighted by molar-refractivity contribution is 9.10. The normalized spacial score (nSPS) is 10.3. The average molecular weight is 341 g/mol. The Bertz CT molecular complexity index is 697. The quantitative estimate of drug-likeness (QED) is 0.702. The summed E-state index contributed by atoms with van der Waals surface area (Å²) in [7, 11) is 0. The maximum Gasteiger partial charge on any atom is 0.159 e. The van der Waals surface area contributed by atoms with Gasteiger partial charge in [0.05, 0.1) is 12.4 Å². The number of hydrogen-bond acceptors (Lipinski definition) is 3. The van der Waals surface area contributed by atoms with Gasteiger partial charge in [0.25, 0.3) is 0 Å². The topological polar surface area (TPSA) is 35.0 Å². The zero-order valence-corrected chi connectivity index (χ0v) is 12.8. The molecule has 1 aromatic heterocycles. The molecule has 0 unspecified atom stereocenters. The first kappa shape index (κ1) is 13.8. The van der Waals surface area contributed by atoms with Crippen molar-refractivity contribution in [2.45, 2.75) is 6.61 Å². The van der Waals surface area contributed by atoms with Gasteiger partial charge in [0.2, 0.25) is 0 Å². The van der Waals surface area contributed by atoms with Crippen molar-refractivity contribution in [1.82, 2.24) is 9.97 Å². The van der Waals surface area contributed by atoms with E-state index in [1.807, 2.05) is 54.6 Å². The summed E-state index contributed by atoms with van der Waals surface area (Å²) in [4.78, 5) is 8.68. The molecule has 0 N–H and O–H groups in total. The number of aromatic nitrogens is 2. The summed E-state index contributed by atoms with van der Waals surface area (Å²) < 4.78 is 6.71. The van der Waals surface area contributed by atoms with E-state index >= 15 is 0 Å². The van der Waals surface area contributed by atoms with Crippen molar-refractivity contribution in [3.63, 3.8) is 0 Å². The number of benzene rings is 2. The lowest BCUT2D eigenvalue weighted by Gasteiger charge is -2.06. The van der Waals surface area contributed by atoms with Crippen molar-refractivity contribution in [1.29, 1.82) is 0 Å². The van der Waals surface area contributed by atoms with Gasteiger partial charge in [0, 0.05) is 10.0 Å². The molecule has 0 radical (unpaired) electrons. The van der Waals surface area contributed by atoms with Crippen LogP contribution in [0.15, 0.2) is 71.5 Å². The molecule has 4 heteroatoms. The fourth-order valence-corrected chi connectivity index (χ4v) is 2.14. The van der Waals surface area contributed by atoms with Crippen LogP contribution in [0.25, 0.3) is 11.4 Å². The minimum Gasteiger partial charge on any atom is -0.486 e. The Labute approximate surface area is 131 Å². The summed E-state index contributed by atoms with van der Waals surface area (Å²) in [5.41, 5.74) is 2.10. The fraction of sp³-hybridized carbons (Fsp3) is 0.0588. The van der Waals surface area contributed by atoms with Crippen molar-refractivity contribution < 1.29 is 4.74 Å². The first-order valence-electron chi connectivity index (χ1n) is 6.56. The predicted octanol–water partition coefficient (Wildman–Crippen LogP) is 4.49. The van der Waals surface area contributed by atoms with Crippen molar-refractivity contribution in [3.05, 3.63) is 77.0 Å². The lowest BCUT2D eigenvalue weighted by Crippen LogP contribution is -1.97. The van der Waals surface area contributed by atoms with E-state index in [0.29, 0.717) is 18.2 Å². The predicted molar refractivity (Wildman–Crippen MR) is 85.9 cm³/mol. The standard InChI is InChI=1S/C17H13BrN2O/c18-15-8-6-14(7-9-15)17-19-10-16(11-20-17)21-12-13-4-2-1-3-5-13/h1-11H,12H2. The van der Waals surface area contributed by atoms with Gasteiger partial charge >= 0.3 is 0 Å². The Balaban J connectivity index is 1.68.